The van der Waals surface area contributed by atoms with Gasteiger partial charge in [-0.3, -0.25) is 0 Å². The fraction of sp³-hybridized carbons (Fsp3) is 0.562. The van der Waals surface area contributed by atoms with Crippen LogP contribution in [-0.4, -0.2) is 14.1 Å². The topological polar surface area (TPSA) is 58.5 Å². The standard InChI is InChI=1S/C16H20N2O2S/c1-10-2-4-14(5-3-10)21(19,20)18-17-16-13-7-11-6-12(9-13)15(16)8-11/h2-5,11-13,15,18H,6-9H2,1H3. The maximum Gasteiger partial charge on any atom is 0.276 e. The molecule has 0 heterocycles. The van der Waals surface area contributed by atoms with Crippen LogP contribution in [0, 0.1) is 30.6 Å². The van der Waals surface area contributed by atoms with Gasteiger partial charge in [-0.15, -0.1) is 0 Å². The Balaban J connectivity index is 1.56. The van der Waals surface area contributed by atoms with Crippen LogP contribution in [-0.2, 0) is 10.0 Å². The van der Waals surface area contributed by atoms with E-state index in [1.807, 2.05) is 6.92 Å². The van der Waals surface area contributed by atoms with Gasteiger partial charge in [0.05, 0.1) is 4.90 Å². The molecule has 0 spiro atoms. The summed E-state index contributed by atoms with van der Waals surface area (Å²) in [5.41, 5.74) is 2.16. The molecular formula is C16H20N2O2S. The Bertz CT molecular complexity index is 689. The van der Waals surface area contributed by atoms with Crippen LogP contribution in [0.25, 0.3) is 0 Å². The van der Waals surface area contributed by atoms with Crippen molar-refractivity contribution in [1.29, 1.82) is 0 Å². The van der Waals surface area contributed by atoms with E-state index in [1.165, 1.54) is 25.7 Å². The van der Waals surface area contributed by atoms with Crippen LogP contribution in [0.4, 0.5) is 0 Å². The molecule has 5 rings (SSSR count). The van der Waals surface area contributed by atoms with E-state index in [2.05, 4.69) is 9.93 Å². The van der Waals surface area contributed by atoms with Crippen molar-refractivity contribution in [2.45, 2.75) is 37.5 Å². The van der Waals surface area contributed by atoms with Crippen LogP contribution in [0.15, 0.2) is 34.3 Å². The van der Waals surface area contributed by atoms with Gasteiger partial charge in [0.2, 0.25) is 0 Å². The smallest absolute Gasteiger partial charge is 0.200 e. The van der Waals surface area contributed by atoms with Crippen molar-refractivity contribution >= 4 is 15.7 Å². The molecule has 4 aliphatic rings. The molecule has 0 aliphatic heterocycles. The van der Waals surface area contributed by atoms with E-state index in [0.717, 1.165) is 23.1 Å². The number of aryl methyl sites for hydroxylation is 1. The van der Waals surface area contributed by atoms with Crippen LogP contribution in [0.1, 0.15) is 31.2 Å². The Morgan fingerprint density at radius 1 is 1.10 bits per heavy atom. The summed E-state index contributed by atoms with van der Waals surface area (Å²) in [5, 5.41) is 4.33. The average Bonchev–Trinajstić information content (AvgIpc) is 2.86. The third-order valence-corrected chi connectivity index (χ3v) is 6.65. The molecule has 0 radical (unpaired) electrons. The number of nitrogens with one attached hydrogen (secondary N) is 1. The van der Waals surface area contributed by atoms with Crippen LogP contribution in [0.5, 0.6) is 0 Å². The van der Waals surface area contributed by atoms with Crippen LogP contribution in [0.3, 0.4) is 0 Å². The third-order valence-electron chi connectivity index (χ3n) is 5.42. The average molecular weight is 304 g/mol. The number of benzene rings is 1. The molecule has 4 aliphatic carbocycles. The minimum Gasteiger partial charge on any atom is -0.200 e. The highest BCUT2D eigenvalue weighted by Crippen LogP contribution is 2.56. The quantitative estimate of drug-likeness (QED) is 0.873. The van der Waals surface area contributed by atoms with Crippen molar-refractivity contribution in [3.63, 3.8) is 0 Å². The highest BCUT2D eigenvalue weighted by Gasteiger charge is 2.52. The highest BCUT2D eigenvalue weighted by atomic mass is 32.2. The van der Waals surface area contributed by atoms with Crippen LogP contribution < -0.4 is 4.83 Å². The summed E-state index contributed by atoms with van der Waals surface area (Å²) < 4.78 is 24.6. The summed E-state index contributed by atoms with van der Waals surface area (Å²) >= 11 is 0. The summed E-state index contributed by atoms with van der Waals surface area (Å²) in [6, 6.07) is 6.87. The van der Waals surface area contributed by atoms with Crippen LogP contribution >= 0.6 is 0 Å². The lowest BCUT2D eigenvalue weighted by Gasteiger charge is -2.25. The summed E-state index contributed by atoms with van der Waals surface area (Å²) in [4.78, 5) is 2.75. The molecule has 4 atom stereocenters. The molecule has 0 aromatic heterocycles. The molecule has 1 aromatic carbocycles. The molecule has 5 heteroatoms. The van der Waals surface area contributed by atoms with Crippen molar-refractivity contribution in [2.24, 2.45) is 28.8 Å². The monoisotopic (exact) mass is 304 g/mol. The number of rotatable bonds is 3. The molecule has 1 N–H and O–H groups in total. The van der Waals surface area contributed by atoms with Gasteiger partial charge in [-0.05, 0) is 62.5 Å². The second kappa shape index (κ2) is 4.57. The first-order valence-corrected chi connectivity index (χ1v) is 9.17. The summed E-state index contributed by atoms with van der Waals surface area (Å²) in [5.74, 6) is 2.69. The molecule has 4 fully saturated rings. The van der Waals surface area contributed by atoms with Crippen molar-refractivity contribution < 1.29 is 8.42 Å². The van der Waals surface area contributed by atoms with Gasteiger partial charge in [0.1, 0.15) is 0 Å². The molecule has 4 saturated carbocycles. The van der Waals surface area contributed by atoms with E-state index in [9.17, 15) is 8.42 Å². The number of sulfonamides is 1. The molecule has 1 aromatic rings. The van der Waals surface area contributed by atoms with E-state index in [4.69, 9.17) is 0 Å². The normalized spacial score (nSPS) is 35.6. The lowest BCUT2D eigenvalue weighted by atomic mass is 9.81. The Morgan fingerprint density at radius 2 is 1.86 bits per heavy atom. The van der Waals surface area contributed by atoms with E-state index in [0.29, 0.717) is 11.8 Å². The van der Waals surface area contributed by atoms with E-state index >= 15 is 0 Å². The maximum atomic E-state index is 12.3. The minimum absolute atomic E-state index is 0.282. The molecule has 4 nitrogen and oxygen atoms in total. The maximum absolute atomic E-state index is 12.3. The summed E-state index contributed by atoms with van der Waals surface area (Å²) in [6.07, 6.45) is 4.96. The van der Waals surface area contributed by atoms with Crippen molar-refractivity contribution in [2.75, 3.05) is 0 Å². The SMILES string of the molecule is Cc1ccc(S(=O)(=O)NN=C2C3CC4CC(C3)C2C4)cc1. The predicted octanol–water partition coefficient (Wildman–Crippen LogP) is 2.70. The summed E-state index contributed by atoms with van der Waals surface area (Å²) in [6.45, 7) is 1.94. The first kappa shape index (κ1) is 13.3. The third kappa shape index (κ3) is 2.18. The lowest BCUT2D eigenvalue weighted by Crippen LogP contribution is -2.27. The van der Waals surface area contributed by atoms with E-state index < -0.39 is 10.0 Å². The molecule has 21 heavy (non-hydrogen) atoms. The Labute approximate surface area is 125 Å². The van der Waals surface area contributed by atoms with Gasteiger partial charge in [0, 0.05) is 11.6 Å². The predicted molar refractivity (Wildman–Crippen MR) is 81.4 cm³/mol. The number of hydrazone groups is 1. The van der Waals surface area contributed by atoms with Crippen molar-refractivity contribution in [1.82, 2.24) is 4.83 Å². The molecule has 0 saturated heterocycles. The number of nitrogens with zero attached hydrogens (tertiary/aromatic N) is 1. The molecule has 112 valence electrons. The first-order chi connectivity index (χ1) is 10.0. The Morgan fingerprint density at radius 3 is 2.57 bits per heavy atom. The van der Waals surface area contributed by atoms with Gasteiger partial charge >= 0.3 is 0 Å². The molecule has 4 bridgehead atoms. The van der Waals surface area contributed by atoms with E-state index in [-0.39, 0.29) is 4.90 Å². The van der Waals surface area contributed by atoms with Gasteiger partial charge < -0.3 is 0 Å². The lowest BCUT2D eigenvalue weighted by molar-refractivity contribution is 0.333. The van der Waals surface area contributed by atoms with Gasteiger partial charge in [0.15, 0.2) is 0 Å². The largest absolute Gasteiger partial charge is 0.276 e. The van der Waals surface area contributed by atoms with Gasteiger partial charge in [-0.25, -0.2) is 4.83 Å². The minimum atomic E-state index is -3.54. The fourth-order valence-corrected chi connectivity index (χ4v) is 5.35. The van der Waals surface area contributed by atoms with Gasteiger partial charge in [-0.2, -0.15) is 13.5 Å². The highest BCUT2D eigenvalue weighted by molar-refractivity contribution is 7.89. The molecule has 4 unspecified atom stereocenters. The molecular weight excluding hydrogens is 284 g/mol. The number of hydrogen-bond donors (Lipinski definition) is 1. The zero-order valence-corrected chi connectivity index (χ0v) is 12.9. The Hall–Kier alpha value is -1.36. The first-order valence-electron chi connectivity index (χ1n) is 7.69. The van der Waals surface area contributed by atoms with Gasteiger partial charge in [-0.1, -0.05) is 17.7 Å². The summed E-state index contributed by atoms with van der Waals surface area (Å²) in [7, 11) is -3.54. The van der Waals surface area contributed by atoms with E-state index in [1.54, 1.807) is 24.3 Å². The second-order valence-corrected chi connectivity index (χ2v) is 8.48. The Kier molecular flexibility index (Phi) is 2.89. The zero-order valence-electron chi connectivity index (χ0n) is 12.1. The van der Waals surface area contributed by atoms with Crippen LogP contribution in [0.2, 0.25) is 0 Å². The molecule has 0 amide bonds. The fourth-order valence-electron chi connectivity index (χ4n) is 4.52. The second-order valence-electron chi connectivity index (χ2n) is 6.82. The number of hydrogen-bond acceptors (Lipinski definition) is 3. The van der Waals surface area contributed by atoms with Gasteiger partial charge in [0.25, 0.3) is 10.0 Å². The van der Waals surface area contributed by atoms with Crippen molar-refractivity contribution in [3.8, 4) is 0 Å². The zero-order chi connectivity index (χ0) is 14.6. The van der Waals surface area contributed by atoms with Crippen molar-refractivity contribution in [3.05, 3.63) is 29.8 Å².